The summed E-state index contributed by atoms with van der Waals surface area (Å²) in [7, 11) is -0.438. The minimum absolute atomic E-state index is 0.438. The highest BCUT2D eigenvalue weighted by Gasteiger charge is 2.43. The van der Waals surface area contributed by atoms with Gasteiger partial charge in [-0.15, -0.1) is 0 Å². The van der Waals surface area contributed by atoms with Crippen molar-refractivity contribution in [1.82, 2.24) is 0 Å². The standard InChI is InChI=1S/C19H22BNO2/c1-13-10-14(2)12-16(11-13)21-18-9-7-6-8-17(18)20-22-15(3)19(4,5)23-20/h6-12,21H,3H2,1-2,4-5H3. The van der Waals surface area contributed by atoms with Crippen molar-refractivity contribution < 1.29 is 9.31 Å². The van der Waals surface area contributed by atoms with E-state index in [9.17, 15) is 0 Å². The van der Waals surface area contributed by atoms with Crippen molar-refractivity contribution in [2.24, 2.45) is 0 Å². The van der Waals surface area contributed by atoms with Crippen LogP contribution >= 0.6 is 0 Å². The van der Waals surface area contributed by atoms with Crippen molar-refractivity contribution >= 4 is 24.0 Å². The summed E-state index contributed by atoms with van der Waals surface area (Å²) in [6.45, 7) is 12.1. The Balaban J connectivity index is 1.91. The molecule has 0 atom stereocenters. The molecule has 1 saturated heterocycles. The molecule has 1 N–H and O–H groups in total. The Bertz CT molecular complexity index is 735. The van der Waals surface area contributed by atoms with Crippen molar-refractivity contribution in [3.05, 3.63) is 65.9 Å². The third-order valence-corrected chi connectivity index (χ3v) is 4.04. The maximum absolute atomic E-state index is 6.01. The highest BCUT2D eigenvalue weighted by atomic mass is 16.7. The number of benzene rings is 2. The molecule has 2 aromatic carbocycles. The molecule has 0 unspecified atom stereocenters. The Morgan fingerprint density at radius 2 is 1.70 bits per heavy atom. The molecule has 2 aromatic rings. The van der Waals surface area contributed by atoms with E-state index >= 15 is 0 Å². The lowest BCUT2D eigenvalue weighted by Gasteiger charge is -2.16. The van der Waals surface area contributed by atoms with E-state index in [2.05, 4.69) is 43.9 Å². The van der Waals surface area contributed by atoms with Gasteiger partial charge in [-0.1, -0.05) is 30.8 Å². The first-order valence-corrected chi connectivity index (χ1v) is 7.83. The van der Waals surface area contributed by atoms with Crippen LogP contribution in [0.3, 0.4) is 0 Å². The number of rotatable bonds is 3. The SMILES string of the molecule is C=C1OB(c2ccccc2Nc2cc(C)cc(C)c2)OC1(C)C. The van der Waals surface area contributed by atoms with Crippen molar-refractivity contribution in [3.63, 3.8) is 0 Å². The van der Waals surface area contributed by atoms with Gasteiger partial charge in [0, 0.05) is 16.8 Å². The van der Waals surface area contributed by atoms with Crippen molar-refractivity contribution in [2.75, 3.05) is 5.32 Å². The molecule has 1 fully saturated rings. The van der Waals surface area contributed by atoms with Gasteiger partial charge in [0.25, 0.3) is 0 Å². The highest BCUT2D eigenvalue weighted by Crippen LogP contribution is 2.30. The summed E-state index contributed by atoms with van der Waals surface area (Å²) in [5.74, 6) is 0.656. The summed E-state index contributed by atoms with van der Waals surface area (Å²) < 4.78 is 11.8. The van der Waals surface area contributed by atoms with Crippen LogP contribution in [0.1, 0.15) is 25.0 Å². The fraction of sp³-hybridized carbons (Fsp3) is 0.263. The molecule has 1 heterocycles. The zero-order valence-corrected chi connectivity index (χ0v) is 14.1. The first-order chi connectivity index (χ1) is 10.8. The normalized spacial score (nSPS) is 16.3. The average Bonchev–Trinajstić information content (AvgIpc) is 2.72. The minimum atomic E-state index is -0.475. The van der Waals surface area contributed by atoms with Crippen LogP contribution in [0.2, 0.25) is 0 Å². The first-order valence-electron chi connectivity index (χ1n) is 7.83. The van der Waals surface area contributed by atoms with Gasteiger partial charge in [0.1, 0.15) is 5.60 Å². The van der Waals surface area contributed by atoms with Crippen molar-refractivity contribution in [1.29, 1.82) is 0 Å². The Morgan fingerprint density at radius 1 is 1.04 bits per heavy atom. The lowest BCUT2D eigenvalue weighted by atomic mass is 9.78. The number of nitrogens with one attached hydrogen (secondary N) is 1. The van der Waals surface area contributed by atoms with E-state index in [4.69, 9.17) is 9.31 Å². The number of para-hydroxylation sites is 1. The summed E-state index contributed by atoms with van der Waals surface area (Å²) in [6, 6.07) is 14.5. The Morgan fingerprint density at radius 3 is 2.30 bits per heavy atom. The Kier molecular flexibility index (Phi) is 3.94. The second-order valence-corrected chi connectivity index (χ2v) is 6.59. The predicted molar refractivity (Wildman–Crippen MR) is 96.4 cm³/mol. The van der Waals surface area contributed by atoms with Crippen LogP contribution in [0, 0.1) is 13.8 Å². The van der Waals surface area contributed by atoms with Crippen LogP contribution in [0.25, 0.3) is 0 Å². The molecule has 0 aromatic heterocycles. The largest absolute Gasteiger partial charge is 0.565 e. The van der Waals surface area contributed by atoms with E-state index in [1.54, 1.807) is 0 Å². The molecule has 118 valence electrons. The lowest BCUT2D eigenvalue weighted by Crippen LogP contribution is -2.35. The van der Waals surface area contributed by atoms with Gasteiger partial charge in [-0.2, -0.15) is 0 Å². The molecular weight excluding hydrogens is 285 g/mol. The fourth-order valence-corrected chi connectivity index (χ4v) is 2.77. The van der Waals surface area contributed by atoms with Crippen LogP contribution in [-0.4, -0.2) is 12.7 Å². The minimum Gasteiger partial charge on any atom is -0.534 e. The zero-order chi connectivity index (χ0) is 16.6. The molecule has 1 aliphatic rings. The molecule has 3 nitrogen and oxygen atoms in total. The third kappa shape index (κ3) is 3.27. The van der Waals surface area contributed by atoms with E-state index in [1.807, 2.05) is 38.1 Å². The van der Waals surface area contributed by atoms with E-state index in [-0.39, 0.29) is 0 Å². The smallest absolute Gasteiger partial charge is 0.534 e. The summed E-state index contributed by atoms with van der Waals surface area (Å²) in [4.78, 5) is 0. The second kappa shape index (κ2) is 5.78. The van der Waals surface area contributed by atoms with Crippen LogP contribution in [0.15, 0.2) is 54.8 Å². The number of hydrogen-bond donors (Lipinski definition) is 1. The molecule has 0 bridgehead atoms. The molecule has 1 aliphatic heterocycles. The van der Waals surface area contributed by atoms with Gasteiger partial charge in [0.15, 0.2) is 0 Å². The van der Waals surface area contributed by atoms with Gasteiger partial charge in [-0.3, -0.25) is 0 Å². The van der Waals surface area contributed by atoms with Crippen LogP contribution in [-0.2, 0) is 9.31 Å². The highest BCUT2D eigenvalue weighted by molar-refractivity contribution is 6.64. The maximum atomic E-state index is 6.01. The van der Waals surface area contributed by atoms with Crippen molar-refractivity contribution in [3.8, 4) is 0 Å². The molecule has 4 heteroatoms. The lowest BCUT2D eigenvalue weighted by molar-refractivity contribution is 0.173. The first kappa shape index (κ1) is 15.7. The summed E-state index contributed by atoms with van der Waals surface area (Å²) >= 11 is 0. The van der Waals surface area contributed by atoms with Gasteiger partial charge in [-0.05, 0) is 57.0 Å². The monoisotopic (exact) mass is 307 g/mol. The van der Waals surface area contributed by atoms with Gasteiger partial charge >= 0.3 is 7.12 Å². The molecule has 0 spiro atoms. The molecule has 0 radical (unpaired) electrons. The Labute approximate surface area is 138 Å². The maximum Gasteiger partial charge on any atom is 0.565 e. The van der Waals surface area contributed by atoms with Crippen LogP contribution in [0.5, 0.6) is 0 Å². The fourth-order valence-electron chi connectivity index (χ4n) is 2.77. The van der Waals surface area contributed by atoms with E-state index < -0.39 is 12.7 Å². The number of aryl methyl sites for hydroxylation is 2. The van der Waals surface area contributed by atoms with E-state index in [1.165, 1.54) is 11.1 Å². The average molecular weight is 307 g/mol. The van der Waals surface area contributed by atoms with Gasteiger partial charge in [0.05, 0.1) is 5.76 Å². The van der Waals surface area contributed by atoms with Crippen molar-refractivity contribution in [2.45, 2.75) is 33.3 Å². The number of anilines is 2. The quantitative estimate of drug-likeness (QED) is 0.867. The van der Waals surface area contributed by atoms with Crippen LogP contribution in [0.4, 0.5) is 11.4 Å². The Hall–Kier alpha value is -2.20. The third-order valence-electron chi connectivity index (χ3n) is 4.04. The summed E-state index contributed by atoms with van der Waals surface area (Å²) in [5.41, 5.74) is 5.00. The molecule has 0 saturated carbocycles. The summed E-state index contributed by atoms with van der Waals surface area (Å²) in [6.07, 6.45) is 0. The van der Waals surface area contributed by atoms with E-state index in [0.29, 0.717) is 5.76 Å². The number of hydrogen-bond acceptors (Lipinski definition) is 3. The van der Waals surface area contributed by atoms with Gasteiger partial charge in [-0.25, -0.2) is 0 Å². The zero-order valence-electron chi connectivity index (χ0n) is 14.1. The topological polar surface area (TPSA) is 30.5 Å². The molecule has 0 aliphatic carbocycles. The molecule has 0 amide bonds. The summed E-state index contributed by atoms with van der Waals surface area (Å²) in [5, 5.41) is 3.48. The molecule has 23 heavy (non-hydrogen) atoms. The van der Waals surface area contributed by atoms with Gasteiger partial charge in [0.2, 0.25) is 0 Å². The van der Waals surface area contributed by atoms with Crippen LogP contribution < -0.4 is 10.8 Å². The second-order valence-electron chi connectivity index (χ2n) is 6.59. The van der Waals surface area contributed by atoms with E-state index in [0.717, 1.165) is 16.8 Å². The molecule has 3 rings (SSSR count). The predicted octanol–water partition coefficient (Wildman–Crippen LogP) is 4.08. The molecular formula is C19H22BNO2. The van der Waals surface area contributed by atoms with Gasteiger partial charge < -0.3 is 14.6 Å².